The molecule has 2 rings (SSSR count). The zero-order chi connectivity index (χ0) is 16.3. The molecule has 1 aliphatic rings. The summed E-state index contributed by atoms with van der Waals surface area (Å²) in [4.78, 5) is 10.7. The van der Waals surface area contributed by atoms with Crippen LogP contribution < -0.4 is 4.72 Å². The van der Waals surface area contributed by atoms with Crippen LogP contribution in [0.15, 0.2) is 17.3 Å². The summed E-state index contributed by atoms with van der Waals surface area (Å²) in [6.45, 7) is -0.667. The molecule has 0 spiro atoms. The van der Waals surface area contributed by atoms with Crippen LogP contribution in [0.5, 0.6) is 0 Å². The Morgan fingerprint density at radius 3 is 2.59 bits per heavy atom. The summed E-state index contributed by atoms with van der Waals surface area (Å²) in [5.41, 5.74) is 0. The maximum Gasteiger partial charge on any atom is 0.306 e. The lowest BCUT2D eigenvalue weighted by Crippen LogP contribution is -2.38. The van der Waals surface area contributed by atoms with Gasteiger partial charge in [0.15, 0.2) is 0 Å². The van der Waals surface area contributed by atoms with E-state index in [0.29, 0.717) is 25.7 Å². The molecular weight excluding hydrogens is 320 g/mol. The van der Waals surface area contributed by atoms with Crippen molar-refractivity contribution in [1.82, 2.24) is 14.5 Å². The fourth-order valence-corrected chi connectivity index (χ4v) is 3.73. The minimum atomic E-state index is -3.84. The highest BCUT2D eigenvalue weighted by Crippen LogP contribution is 2.25. The standard InChI is InChI=1S/C12H17F2N3O4S/c13-11(14)7-17-6-10(5-15-17)22(20,21)16-9-3-1-8(2-4-9)12(18)19/h5-6,8-9,11,16H,1-4,7H2,(H,18,19). The van der Waals surface area contributed by atoms with E-state index in [1.54, 1.807) is 0 Å². The Morgan fingerprint density at radius 1 is 1.41 bits per heavy atom. The van der Waals surface area contributed by atoms with Gasteiger partial charge >= 0.3 is 5.97 Å². The fraction of sp³-hybridized carbons (Fsp3) is 0.667. The second-order valence-corrected chi connectivity index (χ2v) is 7.01. The molecule has 2 N–H and O–H groups in total. The maximum atomic E-state index is 12.2. The van der Waals surface area contributed by atoms with Crippen LogP contribution >= 0.6 is 0 Å². The monoisotopic (exact) mass is 337 g/mol. The largest absolute Gasteiger partial charge is 0.481 e. The zero-order valence-electron chi connectivity index (χ0n) is 11.7. The minimum absolute atomic E-state index is 0.173. The van der Waals surface area contributed by atoms with Crippen molar-refractivity contribution in [3.8, 4) is 0 Å². The summed E-state index contributed by atoms with van der Waals surface area (Å²) in [6.07, 6.45) is 1.14. The third-order valence-corrected chi connectivity index (χ3v) is 5.12. The highest BCUT2D eigenvalue weighted by atomic mass is 32.2. The van der Waals surface area contributed by atoms with Crippen molar-refractivity contribution in [1.29, 1.82) is 0 Å². The van der Waals surface area contributed by atoms with Gasteiger partial charge in [-0.25, -0.2) is 21.9 Å². The first-order chi connectivity index (χ1) is 10.3. The lowest BCUT2D eigenvalue weighted by molar-refractivity contribution is -0.142. The molecule has 1 heterocycles. The van der Waals surface area contributed by atoms with E-state index in [-0.39, 0.29) is 10.9 Å². The van der Waals surface area contributed by atoms with Gasteiger partial charge in [0.25, 0.3) is 6.43 Å². The van der Waals surface area contributed by atoms with Gasteiger partial charge in [0, 0.05) is 12.2 Å². The summed E-state index contributed by atoms with van der Waals surface area (Å²) in [5.74, 6) is -1.30. The number of rotatable bonds is 6. The van der Waals surface area contributed by atoms with Gasteiger partial charge in [-0.3, -0.25) is 9.48 Å². The van der Waals surface area contributed by atoms with Crippen molar-refractivity contribution in [2.45, 2.75) is 49.6 Å². The maximum absolute atomic E-state index is 12.2. The number of nitrogens with one attached hydrogen (secondary N) is 1. The normalized spacial score (nSPS) is 22.9. The van der Waals surface area contributed by atoms with E-state index in [9.17, 15) is 22.0 Å². The Labute approximate surface area is 126 Å². The lowest BCUT2D eigenvalue weighted by atomic mass is 9.87. The molecule has 0 bridgehead atoms. The van der Waals surface area contributed by atoms with Crippen molar-refractivity contribution in [2.75, 3.05) is 0 Å². The highest BCUT2D eigenvalue weighted by Gasteiger charge is 2.29. The molecule has 0 saturated heterocycles. The van der Waals surface area contributed by atoms with Gasteiger partial charge in [0.05, 0.1) is 12.1 Å². The summed E-state index contributed by atoms with van der Waals surface area (Å²) in [6, 6.07) is -0.348. The molecule has 0 atom stereocenters. The number of halogens is 2. The third kappa shape index (κ3) is 4.23. The average molecular weight is 337 g/mol. The molecule has 1 fully saturated rings. The Morgan fingerprint density at radius 2 is 2.05 bits per heavy atom. The number of carboxylic acids is 1. The van der Waals surface area contributed by atoms with E-state index in [0.717, 1.165) is 17.1 Å². The Bertz CT molecular complexity index is 624. The molecule has 0 aliphatic heterocycles. The molecule has 0 aromatic carbocycles. The van der Waals surface area contributed by atoms with E-state index in [2.05, 4.69) is 9.82 Å². The van der Waals surface area contributed by atoms with Crippen LogP contribution in [0.25, 0.3) is 0 Å². The van der Waals surface area contributed by atoms with Crippen LogP contribution in [-0.2, 0) is 21.4 Å². The predicted molar refractivity (Wildman–Crippen MR) is 71.9 cm³/mol. The third-order valence-electron chi connectivity index (χ3n) is 3.64. The topological polar surface area (TPSA) is 101 Å². The number of hydrogen-bond acceptors (Lipinski definition) is 4. The highest BCUT2D eigenvalue weighted by molar-refractivity contribution is 7.89. The molecule has 0 radical (unpaired) electrons. The van der Waals surface area contributed by atoms with Gasteiger partial charge < -0.3 is 5.11 Å². The second kappa shape index (κ2) is 6.69. The molecule has 22 heavy (non-hydrogen) atoms. The van der Waals surface area contributed by atoms with Crippen molar-refractivity contribution in [3.63, 3.8) is 0 Å². The van der Waals surface area contributed by atoms with E-state index in [4.69, 9.17) is 5.11 Å². The number of alkyl halides is 2. The molecule has 1 saturated carbocycles. The molecule has 1 aliphatic carbocycles. The summed E-state index contributed by atoms with van der Waals surface area (Å²) >= 11 is 0. The number of carbonyl (C=O) groups is 1. The number of nitrogens with zero attached hydrogens (tertiary/aromatic N) is 2. The lowest BCUT2D eigenvalue weighted by Gasteiger charge is -2.26. The zero-order valence-corrected chi connectivity index (χ0v) is 12.5. The van der Waals surface area contributed by atoms with Gasteiger partial charge in [-0.15, -0.1) is 0 Å². The molecule has 1 aromatic rings. The molecular formula is C12H17F2N3O4S. The quantitative estimate of drug-likeness (QED) is 0.808. The molecule has 7 nitrogen and oxygen atoms in total. The second-order valence-electron chi connectivity index (χ2n) is 5.30. The number of hydrogen-bond donors (Lipinski definition) is 2. The first-order valence-corrected chi connectivity index (χ1v) is 8.32. The van der Waals surface area contributed by atoms with Gasteiger partial charge in [0.2, 0.25) is 10.0 Å². The predicted octanol–water partition coefficient (Wildman–Crippen LogP) is 1.07. The van der Waals surface area contributed by atoms with E-state index >= 15 is 0 Å². The van der Waals surface area contributed by atoms with Crippen molar-refractivity contribution < 1.29 is 27.1 Å². The number of sulfonamides is 1. The first kappa shape index (κ1) is 16.8. The SMILES string of the molecule is O=C(O)C1CCC(NS(=O)(=O)c2cnn(CC(F)F)c2)CC1. The Balaban J connectivity index is 1.97. The smallest absolute Gasteiger partial charge is 0.306 e. The first-order valence-electron chi connectivity index (χ1n) is 6.83. The number of carboxylic acid groups (broad SMARTS) is 1. The van der Waals surface area contributed by atoms with Gasteiger partial charge in [-0.05, 0) is 25.7 Å². The fourth-order valence-electron chi connectivity index (χ4n) is 2.47. The van der Waals surface area contributed by atoms with Crippen LogP contribution in [-0.4, -0.2) is 41.7 Å². The Hall–Kier alpha value is -1.55. The number of aromatic nitrogens is 2. The van der Waals surface area contributed by atoms with E-state index < -0.39 is 34.9 Å². The molecule has 10 heteroatoms. The van der Waals surface area contributed by atoms with Crippen LogP contribution in [0.1, 0.15) is 25.7 Å². The van der Waals surface area contributed by atoms with Crippen LogP contribution in [0.4, 0.5) is 8.78 Å². The average Bonchev–Trinajstić information content (AvgIpc) is 2.87. The Kier molecular flexibility index (Phi) is 5.12. The van der Waals surface area contributed by atoms with Crippen LogP contribution in [0.2, 0.25) is 0 Å². The van der Waals surface area contributed by atoms with E-state index in [1.165, 1.54) is 0 Å². The van der Waals surface area contributed by atoms with Crippen LogP contribution in [0, 0.1) is 5.92 Å². The van der Waals surface area contributed by atoms with Gasteiger partial charge in [-0.1, -0.05) is 0 Å². The molecule has 1 aromatic heterocycles. The summed E-state index contributed by atoms with van der Waals surface area (Å²) in [7, 11) is -3.84. The van der Waals surface area contributed by atoms with Crippen molar-refractivity contribution >= 4 is 16.0 Å². The molecule has 0 unspecified atom stereocenters. The number of aliphatic carboxylic acids is 1. The van der Waals surface area contributed by atoms with Crippen molar-refractivity contribution in [3.05, 3.63) is 12.4 Å². The van der Waals surface area contributed by atoms with Crippen molar-refractivity contribution in [2.24, 2.45) is 5.92 Å². The van der Waals surface area contributed by atoms with Gasteiger partial charge in [0.1, 0.15) is 11.4 Å². The van der Waals surface area contributed by atoms with E-state index in [1.807, 2.05) is 0 Å². The van der Waals surface area contributed by atoms with Gasteiger partial charge in [-0.2, -0.15) is 5.10 Å². The summed E-state index contributed by atoms with van der Waals surface area (Å²) < 4.78 is 52.1. The minimum Gasteiger partial charge on any atom is -0.481 e. The molecule has 0 amide bonds. The van der Waals surface area contributed by atoms with Crippen LogP contribution in [0.3, 0.4) is 0 Å². The molecule has 124 valence electrons. The summed E-state index contributed by atoms with van der Waals surface area (Å²) in [5, 5.41) is 12.5.